The Bertz CT molecular complexity index is 680. The number of ether oxygens (including phenoxy) is 1. The van der Waals surface area contributed by atoms with Crippen LogP contribution in [0.2, 0.25) is 0 Å². The molecule has 0 aromatic heterocycles. The van der Waals surface area contributed by atoms with Gasteiger partial charge in [-0.05, 0) is 55.3 Å². The third-order valence-electron chi connectivity index (χ3n) is 3.22. The van der Waals surface area contributed by atoms with Crippen molar-refractivity contribution < 1.29 is 9.53 Å². The highest BCUT2D eigenvalue weighted by molar-refractivity contribution is 9.10. The van der Waals surface area contributed by atoms with Crippen LogP contribution in [0.3, 0.4) is 0 Å². The van der Waals surface area contributed by atoms with Gasteiger partial charge in [-0.25, -0.2) is 0 Å². The minimum absolute atomic E-state index is 0.0812. The van der Waals surface area contributed by atoms with Crippen LogP contribution in [0.5, 0.6) is 5.75 Å². The average molecular weight is 334 g/mol. The zero-order valence-corrected chi connectivity index (χ0v) is 13.2. The lowest BCUT2D eigenvalue weighted by atomic mass is 9.96. The first-order chi connectivity index (χ1) is 9.43. The second kappa shape index (κ2) is 5.67. The number of nitrogen functional groups attached to an aromatic ring is 1. The van der Waals surface area contributed by atoms with Gasteiger partial charge in [-0.2, -0.15) is 0 Å². The van der Waals surface area contributed by atoms with Gasteiger partial charge in [-0.1, -0.05) is 15.9 Å². The first-order valence-electron chi connectivity index (χ1n) is 6.19. The molecule has 0 heterocycles. The number of aryl methyl sites for hydroxylation is 2. The van der Waals surface area contributed by atoms with Crippen molar-refractivity contribution in [3.63, 3.8) is 0 Å². The molecule has 3 nitrogen and oxygen atoms in total. The Hall–Kier alpha value is -1.81. The van der Waals surface area contributed by atoms with Crippen molar-refractivity contribution in [3.05, 3.63) is 57.1 Å². The first kappa shape index (κ1) is 14.6. The van der Waals surface area contributed by atoms with E-state index in [1.54, 1.807) is 25.3 Å². The summed E-state index contributed by atoms with van der Waals surface area (Å²) in [5, 5.41) is 0. The van der Waals surface area contributed by atoms with E-state index in [0.717, 1.165) is 15.6 Å². The number of benzene rings is 2. The fourth-order valence-corrected chi connectivity index (χ4v) is 2.53. The minimum atomic E-state index is -0.0812. The van der Waals surface area contributed by atoms with Gasteiger partial charge in [-0.3, -0.25) is 4.79 Å². The predicted octanol–water partition coefficient (Wildman–Crippen LogP) is 3.89. The number of anilines is 1. The van der Waals surface area contributed by atoms with Crippen molar-refractivity contribution in [1.29, 1.82) is 0 Å². The summed E-state index contributed by atoms with van der Waals surface area (Å²) in [6.45, 7) is 3.87. The van der Waals surface area contributed by atoms with Crippen LogP contribution in [-0.4, -0.2) is 12.9 Å². The van der Waals surface area contributed by atoms with Crippen LogP contribution < -0.4 is 10.5 Å². The molecule has 0 amide bonds. The largest absolute Gasteiger partial charge is 0.496 e. The van der Waals surface area contributed by atoms with Crippen LogP contribution in [0, 0.1) is 13.8 Å². The number of halogens is 1. The number of rotatable bonds is 3. The Morgan fingerprint density at radius 2 is 1.80 bits per heavy atom. The van der Waals surface area contributed by atoms with Crippen molar-refractivity contribution in [2.45, 2.75) is 13.8 Å². The predicted molar refractivity (Wildman–Crippen MR) is 84.5 cm³/mol. The van der Waals surface area contributed by atoms with E-state index in [4.69, 9.17) is 10.5 Å². The summed E-state index contributed by atoms with van der Waals surface area (Å²) in [5.41, 5.74) is 9.39. The summed E-state index contributed by atoms with van der Waals surface area (Å²) in [4.78, 5) is 12.7. The molecule has 2 aromatic carbocycles. The van der Waals surface area contributed by atoms with Gasteiger partial charge in [0.25, 0.3) is 0 Å². The zero-order chi connectivity index (χ0) is 14.9. The summed E-state index contributed by atoms with van der Waals surface area (Å²) in [6, 6.07) is 8.91. The lowest BCUT2D eigenvalue weighted by Gasteiger charge is -2.11. The molecule has 0 aliphatic carbocycles. The Kier molecular flexibility index (Phi) is 4.14. The zero-order valence-electron chi connectivity index (χ0n) is 11.7. The Morgan fingerprint density at radius 3 is 2.45 bits per heavy atom. The summed E-state index contributed by atoms with van der Waals surface area (Å²) in [6.07, 6.45) is 0. The minimum Gasteiger partial charge on any atom is -0.496 e. The normalized spacial score (nSPS) is 10.4. The molecule has 104 valence electrons. The van der Waals surface area contributed by atoms with Crippen LogP contribution in [-0.2, 0) is 0 Å². The standard InChI is InChI=1S/C16H16BrNO2/c1-9-7-14(17)10(2)6-12(9)16(19)13-8-11(18)4-5-15(13)20-3/h4-8H,18H2,1-3H3. The molecule has 2 aromatic rings. The van der Waals surface area contributed by atoms with Crippen LogP contribution in [0.1, 0.15) is 27.0 Å². The van der Waals surface area contributed by atoms with Crippen LogP contribution in [0.4, 0.5) is 5.69 Å². The Morgan fingerprint density at radius 1 is 1.10 bits per heavy atom. The van der Waals surface area contributed by atoms with Crippen molar-refractivity contribution in [3.8, 4) is 5.75 Å². The van der Waals surface area contributed by atoms with Gasteiger partial charge in [0.2, 0.25) is 0 Å². The maximum atomic E-state index is 12.7. The molecule has 4 heteroatoms. The van der Waals surface area contributed by atoms with E-state index in [1.807, 2.05) is 26.0 Å². The summed E-state index contributed by atoms with van der Waals surface area (Å²) in [7, 11) is 1.54. The lowest BCUT2D eigenvalue weighted by molar-refractivity contribution is 0.103. The number of hydrogen-bond donors (Lipinski definition) is 1. The molecule has 0 saturated heterocycles. The highest BCUT2D eigenvalue weighted by Crippen LogP contribution is 2.27. The van der Waals surface area contributed by atoms with Gasteiger partial charge < -0.3 is 10.5 Å². The van der Waals surface area contributed by atoms with E-state index in [-0.39, 0.29) is 5.78 Å². The SMILES string of the molecule is COc1ccc(N)cc1C(=O)c1cc(C)c(Br)cc1C. The van der Waals surface area contributed by atoms with E-state index >= 15 is 0 Å². The van der Waals surface area contributed by atoms with Crippen molar-refractivity contribution in [2.24, 2.45) is 0 Å². The van der Waals surface area contributed by atoms with Crippen molar-refractivity contribution in [2.75, 3.05) is 12.8 Å². The lowest BCUT2D eigenvalue weighted by Crippen LogP contribution is -2.07. The molecule has 0 aliphatic rings. The number of nitrogens with two attached hydrogens (primary N) is 1. The Balaban J connectivity index is 2.57. The molecule has 0 fully saturated rings. The monoisotopic (exact) mass is 333 g/mol. The maximum Gasteiger partial charge on any atom is 0.197 e. The fourth-order valence-electron chi connectivity index (χ4n) is 2.07. The van der Waals surface area contributed by atoms with Crippen LogP contribution in [0.25, 0.3) is 0 Å². The molecule has 0 atom stereocenters. The third kappa shape index (κ3) is 2.70. The molecular weight excluding hydrogens is 318 g/mol. The molecule has 2 N–H and O–H groups in total. The van der Waals surface area contributed by atoms with Crippen molar-refractivity contribution >= 4 is 27.4 Å². The molecule has 0 unspecified atom stereocenters. The van der Waals surface area contributed by atoms with Gasteiger partial charge in [0, 0.05) is 15.7 Å². The van der Waals surface area contributed by atoms with Gasteiger partial charge >= 0.3 is 0 Å². The molecule has 2 rings (SSSR count). The smallest absolute Gasteiger partial charge is 0.197 e. The first-order valence-corrected chi connectivity index (χ1v) is 6.98. The summed E-state index contributed by atoms with van der Waals surface area (Å²) < 4.78 is 6.24. The van der Waals surface area contributed by atoms with E-state index in [0.29, 0.717) is 22.6 Å². The van der Waals surface area contributed by atoms with Crippen molar-refractivity contribution in [1.82, 2.24) is 0 Å². The summed E-state index contributed by atoms with van der Waals surface area (Å²) >= 11 is 3.47. The molecular formula is C16H16BrNO2. The highest BCUT2D eigenvalue weighted by Gasteiger charge is 2.17. The van der Waals surface area contributed by atoms with Crippen LogP contribution >= 0.6 is 15.9 Å². The topological polar surface area (TPSA) is 52.3 Å². The molecule has 20 heavy (non-hydrogen) atoms. The molecule has 0 saturated carbocycles. The third-order valence-corrected chi connectivity index (χ3v) is 4.07. The highest BCUT2D eigenvalue weighted by atomic mass is 79.9. The average Bonchev–Trinajstić information content (AvgIpc) is 2.42. The van der Waals surface area contributed by atoms with E-state index in [9.17, 15) is 4.79 Å². The van der Waals surface area contributed by atoms with Crippen LogP contribution in [0.15, 0.2) is 34.8 Å². The summed E-state index contributed by atoms with van der Waals surface area (Å²) in [5.74, 6) is 0.450. The molecule has 0 radical (unpaired) electrons. The van der Waals surface area contributed by atoms with E-state index < -0.39 is 0 Å². The molecule has 0 spiro atoms. The number of carbonyl (C=O) groups is 1. The number of hydrogen-bond acceptors (Lipinski definition) is 3. The molecule has 0 bridgehead atoms. The second-order valence-corrected chi connectivity index (χ2v) is 5.56. The van der Waals surface area contributed by atoms with Gasteiger partial charge in [0.05, 0.1) is 12.7 Å². The van der Waals surface area contributed by atoms with Gasteiger partial charge in [-0.15, -0.1) is 0 Å². The van der Waals surface area contributed by atoms with E-state index in [2.05, 4.69) is 15.9 Å². The van der Waals surface area contributed by atoms with E-state index in [1.165, 1.54) is 0 Å². The maximum absolute atomic E-state index is 12.7. The Labute approximate surface area is 126 Å². The fraction of sp³-hybridized carbons (Fsp3) is 0.188. The number of methoxy groups -OCH3 is 1. The van der Waals surface area contributed by atoms with Gasteiger partial charge in [0.15, 0.2) is 5.78 Å². The number of carbonyl (C=O) groups excluding carboxylic acids is 1. The quantitative estimate of drug-likeness (QED) is 0.684. The second-order valence-electron chi connectivity index (χ2n) is 4.71. The number of ketones is 1. The molecule has 0 aliphatic heterocycles. The van der Waals surface area contributed by atoms with Gasteiger partial charge in [0.1, 0.15) is 5.75 Å².